The van der Waals surface area contributed by atoms with Crippen LogP contribution in [0.4, 0.5) is 0 Å². The van der Waals surface area contributed by atoms with Crippen LogP contribution in [0.1, 0.15) is 18.1 Å². The third-order valence-electron chi connectivity index (χ3n) is 3.31. The van der Waals surface area contributed by atoms with E-state index >= 15 is 0 Å². The van der Waals surface area contributed by atoms with Gasteiger partial charge in [-0.25, -0.2) is 0 Å². The zero-order valence-corrected chi connectivity index (χ0v) is 13.7. The molecule has 2 rings (SSSR count). The number of aryl methyl sites for hydroxylation is 1. The van der Waals surface area contributed by atoms with Gasteiger partial charge in [-0.15, -0.1) is 0 Å². The summed E-state index contributed by atoms with van der Waals surface area (Å²) in [4.78, 5) is 18.0. The minimum atomic E-state index is -0.567. The largest absolute Gasteiger partial charge is 0.481 e. The van der Waals surface area contributed by atoms with Gasteiger partial charge in [-0.3, -0.25) is 9.78 Å². The topological polar surface area (TPSA) is 42.4 Å². The Labute approximate surface area is 135 Å². The number of nitrogens with zero attached hydrogens (tertiary/aromatic N) is 2. The molecule has 0 aliphatic heterocycles. The van der Waals surface area contributed by atoms with E-state index in [1.807, 2.05) is 25.1 Å². The van der Waals surface area contributed by atoms with Crippen LogP contribution in [-0.2, 0) is 11.3 Å². The fourth-order valence-corrected chi connectivity index (χ4v) is 2.22. The van der Waals surface area contributed by atoms with Crippen molar-refractivity contribution in [3.8, 4) is 5.75 Å². The molecule has 1 amide bonds. The summed E-state index contributed by atoms with van der Waals surface area (Å²) in [6.07, 6.45) is 2.89. The van der Waals surface area contributed by atoms with Gasteiger partial charge in [-0.1, -0.05) is 17.7 Å². The molecule has 0 aliphatic rings. The standard InChI is InChI=1S/C17H19ClN2O2/c1-12-9-15(6-7-16(12)18)22-13(2)17(21)20(3)11-14-5-4-8-19-10-14/h4-10,13H,11H2,1-3H3. The summed E-state index contributed by atoms with van der Waals surface area (Å²) in [5, 5.41) is 0.681. The fourth-order valence-electron chi connectivity index (χ4n) is 2.10. The molecule has 1 unspecified atom stereocenters. The second-order valence-electron chi connectivity index (χ2n) is 5.23. The zero-order valence-electron chi connectivity index (χ0n) is 12.9. The molecule has 1 atom stereocenters. The molecule has 0 bridgehead atoms. The highest BCUT2D eigenvalue weighted by atomic mass is 35.5. The molecule has 5 heteroatoms. The first-order valence-electron chi connectivity index (χ1n) is 7.04. The van der Waals surface area contributed by atoms with Gasteiger partial charge >= 0.3 is 0 Å². The Balaban J connectivity index is 1.97. The lowest BCUT2D eigenvalue weighted by Gasteiger charge is -2.22. The van der Waals surface area contributed by atoms with Crippen LogP contribution in [0.3, 0.4) is 0 Å². The van der Waals surface area contributed by atoms with E-state index in [0.717, 1.165) is 11.1 Å². The molecule has 116 valence electrons. The third-order valence-corrected chi connectivity index (χ3v) is 3.73. The average Bonchev–Trinajstić information content (AvgIpc) is 2.51. The minimum absolute atomic E-state index is 0.0866. The van der Waals surface area contributed by atoms with Crippen LogP contribution in [0.5, 0.6) is 5.75 Å². The van der Waals surface area contributed by atoms with Crippen molar-refractivity contribution in [2.75, 3.05) is 7.05 Å². The number of carbonyl (C=O) groups excluding carboxylic acids is 1. The van der Waals surface area contributed by atoms with Gasteiger partial charge in [0.05, 0.1) is 0 Å². The first-order chi connectivity index (χ1) is 10.5. The van der Waals surface area contributed by atoms with Crippen LogP contribution in [0.25, 0.3) is 0 Å². The summed E-state index contributed by atoms with van der Waals surface area (Å²) in [6, 6.07) is 9.14. The predicted octanol–water partition coefficient (Wildman–Crippen LogP) is 3.47. The highest BCUT2D eigenvalue weighted by Gasteiger charge is 2.19. The average molecular weight is 319 g/mol. The van der Waals surface area contributed by atoms with Crippen LogP contribution < -0.4 is 4.74 Å². The van der Waals surface area contributed by atoms with Gasteiger partial charge in [0.1, 0.15) is 5.75 Å². The molecule has 1 aromatic heterocycles. The number of likely N-dealkylation sites (N-methyl/N-ethyl adjacent to an activating group) is 1. The second kappa shape index (κ2) is 7.27. The van der Waals surface area contributed by atoms with Gasteiger partial charge in [0.2, 0.25) is 0 Å². The lowest BCUT2D eigenvalue weighted by molar-refractivity contribution is -0.137. The molecule has 0 aliphatic carbocycles. The van der Waals surface area contributed by atoms with Crippen molar-refractivity contribution in [3.05, 3.63) is 58.9 Å². The molecule has 0 N–H and O–H groups in total. The molecule has 2 aromatic rings. The van der Waals surface area contributed by atoms with Crippen LogP contribution in [0.2, 0.25) is 5.02 Å². The first-order valence-corrected chi connectivity index (χ1v) is 7.42. The molecule has 0 saturated heterocycles. The number of hydrogen-bond acceptors (Lipinski definition) is 3. The highest BCUT2D eigenvalue weighted by Crippen LogP contribution is 2.22. The number of carbonyl (C=O) groups is 1. The summed E-state index contributed by atoms with van der Waals surface area (Å²) in [5.41, 5.74) is 1.90. The van der Waals surface area contributed by atoms with Gasteiger partial charge in [0.25, 0.3) is 5.91 Å². The van der Waals surface area contributed by atoms with Crippen molar-refractivity contribution in [3.63, 3.8) is 0 Å². The quantitative estimate of drug-likeness (QED) is 0.847. The SMILES string of the molecule is Cc1cc(OC(C)C(=O)N(C)Cc2cccnc2)ccc1Cl. The fraction of sp³-hybridized carbons (Fsp3) is 0.294. The molecule has 0 saturated carbocycles. The van der Waals surface area contributed by atoms with E-state index in [2.05, 4.69) is 4.98 Å². The monoisotopic (exact) mass is 318 g/mol. The summed E-state index contributed by atoms with van der Waals surface area (Å²) in [6.45, 7) is 4.14. The number of halogens is 1. The van der Waals surface area contributed by atoms with E-state index < -0.39 is 6.10 Å². The number of pyridine rings is 1. The highest BCUT2D eigenvalue weighted by molar-refractivity contribution is 6.31. The van der Waals surface area contributed by atoms with Crippen molar-refractivity contribution in [2.45, 2.75) is 26.5 Å². The minimum Gasteiger partial charge on any atom is -0.481 e. The van der Waals surface area contributed by atoms with Gasteiger partial charge in [0, 0.05) is 31.0 Å². The zero-order chi connectivity index (χ0) is 16.1. The van der Waals surface area contributed by atoms with Crippen LogP contribution >= 0.6 is 11.6 Å². The maximum Gasteiger partial charge on any atom is 0.263 e. The normalized spacial score (nSPS) is 11.8. The van der Waals surface area contributed by atoms with E-state index in [4.69, 9.17) is 16.3 Å². The maximum atomic E-state index is 12.4. The van der Waals surface area contributed by atoms with Gasteiger partial charge < -0.3 is 9.64 Å². The summed E-state index contributed by atoms with van der Waals surface area (Å²) in [5.74, 6) is 0.550. The number of amides is 1. The molecular formula is C17H19ClN2O2. The Morgan fingerprint density at radius 3 is 2.82 bits per heavy atom. The molecule has 0 fully saturated rings. The Kier molecular flexibility index (Phi) is 5.39. The molecule has 0 spiro atoms. The summed E-state index contributed by atoms with van der Waals surface area (Å²) < 4.78 is 5.71. The van der Waals surface area contributed by atoms with E-state index in [1.165, 1.54) is 0 Å². The van der Waals surface area contributed by atoms with Crippen molar-refractivity contribution in [2.24, 2.45) is 0 Å². The Morgan fingerprint density at radius 1 is 1.41 bits per heavy atom. The van der Waals surface area contributed by atoms with Crippen molar-refractivity contribution >= 4 is 17.5 Å². The predicted molar refractivity (Wildman–Crippen MR) is 87.0 cm³/mol. The van der Waals surface area contributed by atoms with Gasteiger partial charge in [0.15, 0.2) is 6.10 Å². The Morgan fingerprint density at radius 2 is 2.18 bits per heavy atom. The third kappa shape index (κ3) is 4.21. The number of hydrogen-bond donors (Lipinski definition) is 0. The molecular weight excluding hydrogens is 300 g/mol. The number of aromatic nitrogens is 1. The van der Waals surface area contributed by atoms with E-state index in [9.17, 15) is 4.79 Å². The Bertz CT molecular complexity index is 646. The summed E-state index contributed by atoms with van der Waals surface area (Å²) >= 11 is 5.98. The van der Waals surface area contributed by atoms with Crippen LogP contribution in [0.15, 0.2) is 42.7 Å². The van der Waals surface area contributed by atoms with E-state index in [0.29, 0.717) is 17.3 Å². The molecule has 1 heterocycles. The lowest BCUT2D eigenvalue weighted by atomic mass is 10.2. The smallest absolute Gasteiger partial charge is 0.263 e. The Hall–Kier alpha value is -2.07. The van der Waals surface area contributed by atoms with Gasteiger partial charge in [-0.05, 0) is 49.2 Å². The lowest BCUT2D eigenvalue weighted by Crippen LogP contribution is -2.37. The molecule has 0 radical (unpaired) electrons. The molecule has 4 nitrogen and oxygen atoms in total. The van der Waals surface area contributed by atoms with Crippen LogP contribution in [0, 0.1) is 6.92 Å². The molecule has 22 heavy (non-hydrogen) atoms. The molecule has 1 aromatic carbocycles. The second-order valence-corrected chi connectivity index (χ2v) is 5.63. The summed E-state index contributed by atoms with van der Waals surface area (Å²) in [7, 11) is 1.75. The van der Waals surface area contributed by atoms with E-state index in [-0.39, 0.29) is 5.91 Å². The van der Waals surface area contributed by atoms with E-state index in [1.54, 1.807) is 43.4 Å². The van der Waals surface area contributed by atoms with Crippen LogP contribution in [-0.4, -0.2) is 28.9 Å². The first kappa shape index (κ1) is 16.3. The number of benzene rings is 1. The van der Waals surface area contributed by atoms with Crippen molar-refractivity contribution in [1.29, 1.82) is 0 Å². The number of rotatable bonds is 5. The van der Waals surface area contributed by atoms with Crippen molar-refractivity contribution < 1.29 is 9.53 Å². The van der Waals surface area contributed by atoms with Gasteiger partial charge in [-0.2, -0.15) is 0 Å². The maximum absolute atomic E-state index is 12.4. The van der Waals surface area contributed by atoms with Crippen molar-refractivity contribution in [1.82, 2.24) is 9.88 Å². The number of ether oxygens (including phenoxy) is 1.